The lowest BCUT2D eigenvalue weighted by Crippen LogP contribution is -2.51. The number of hydrogen-bond donors (Lipinski definition) is 2. The maximum absolute atomic E-state index is 13.5. The number of anilines is 2. The minimum Gasteiger partial charge on any atom is -0.389 e. The summed E-state index contributed by atoms with van der Waals surface area (Å²) in [5.74, 6) is 0.336. The third-order valence-electron chi connectivity index (χ3n) is 6.79. The molecule has 0 saturated carbocycles. The lowest BCUT2D eigenvalue weighted by Gasteiger charge is -2.36. The second kappa shape index (κ2) is 9.59. The Hall–Kier alpha value is -3.63. The third kappa shape index (κ3) is 5.32. The Morgan fingerprint density at radius 3 is 2.47 bits per heavy atom. The molecule has 198 valence electrons. The van der Waals surface area contributed by atoms with E-state index in [1.807, 2.05) is 11.0 Å². The van der Waals surface area contributed by atoms with Gasteiger partial charge in [-0.15, -0.1) is 0 Å². The summed E-state index contributed by atoms with van der Waals surface area (Å²) in [7, 11) is -1.69. The molecule has 10 heteroatoms. The van der Waals surface area contributed by atoms with Crippen molar-refractivity contribution in [3.05, 3.63) is 83.7 Å². The summed E-state index contributed by atoms with van der Waals surface area (Å²) >= 11 is 0. The van der Waals surface area contributed by atoms with Gasteiger partial charge in [-0.25, -0.2) is 4.98 Å². The van der Waals surface area contributed by atoms with Gasteiger partial charge in [0.25, 0.3) is 5.91 Å². The standard InChI is InChI=1S/C28H29F3N4O2Si/c1-38(2,3)23-9-7-19-12-25(27(37)33-21-8-10-26(32-14-21)34-16-22(36)17-34)35(24(19)13-23)15-18-5-4-6-20(11-18)28(29,30)31/h4-14,22,36H,15-17H2,1-3H3,(H,33,37). The van der Waals surface area contributed by atoms with Gasteiger partial charge in [-0.05, 0) is 42.0 Å². The molecule has 0 atom stereocenters. The van der Waals surface area contributed by atoms with E-state index in [-0.39, 0.29) is 18.6 Å². The van der Waals surface area contributed by atoms with Crippen molar-refractivity contribution in [1.29, 1.82) is 0 Å². The first-order chi connectivity index (χ1) is 17.9. The van der Waals surface area contributed by atoms with Crippen LogP contribution in [0.1, 0.15) is 21.6 Å². The molecule has 3 heterocycles. The molecular formula is C28H29F3N4O2Si. The summed E-state index contributed by atoms with van der Waals surface area (Å²) in [6, 6.07) is 16.6. The van der Waals surface area contributed by atoms with Crippen LogP contribution in [-0.4, -0.2) is 47.8 Å². The molecule has 0 spiro atoms. The Morgan fingerprint density at radius 1 is 1.08 bits per heavy atom. The van der Waals surface area contributed by atoms with Crippen molar-refractivity contribution in [2.75, 3.05) is 23.3 Å². The fourth-order valence-corrected chi connectivity index (χ4v) is 5.75. The Morgan fingerprint density at radius 2 is 1.84 bits per heavy atom. The predicted octanol–water partition coefficient (Wildman–Crippen LogP) is 5.08. The molecule has 2 N–H and O–H groups in total. The molecule has 0 bridgehead atoms. The van der Waals surface area contributed by atoms with Crippen molar-refractivity contribution in [3.8, 4) is 0 Å². The second-order valence-electron chi connectivity index (χ2n) is 10.8. The minimum atomic E-state index is -4.45. The molecule has 38 heavy (non-hydrogen) atoms. The molecule has 1 aliphatic heterocycles. The molecule has 1 fully saturated rings. The van der Waals surface area contributed by atoms with Crippen LogP contribution in [-0.2, 0) is 12.7 Å². The highest BCUT2D eigenvalue weighted by atomic mass is 28.3. The zero-order chi connectivity index (χ0) is 27.2. The Bertz CT molecular complexity index is 1490. The van der Waals surface area contributed by atoms with Crippen molar-refractivity contribution in [1.82, 2.24) is 9.55 Å². The zero-order valence-corrected chi connectivity index (χ0v) is 22.4. The summed E-state index contributed by atoms with van der Waals surface area (Å²) < 4.78 is 41.9. The summed E-state index contributed by atoms with van der Waals surface area (Å²) in [6.07, 6.45) is -3.25. The number of benzene rings is 2. The quantitative estimate of drug-likeness (QED) is 0.336. The van der Waals surface area contributed by atoms with Crippen LogP contribution in [0, 0.1) is 0 Å². The van der Waals surface area contributed by atoms with Gasteiger partial charge in [-0.3, -0.25) is 4.79 Å². The topological polar surface area (TPSA) is 70.4 Å². The number of halogens is 3. The number of carbonyl (C=O) groups is 1. The highest BCUT2D eigenvalue weighted by Crippen LogP contribution is 2.30. The van der Waals surface area contributed by atoms with E-state index >= 15 is 0 Å². The van der Waals surface area contributed by atoms with E-state index in [0.29, 0.717) is 35.9 Å². The fraction of sp³-hybridized carbons (Fsp3) is 0.286. The largest absolute Gasteiger partial charge is 0.416 e. The summed E-state index contributed by atoms with van der Waals surface area (Å²) in [5, 5.41) is 14.4. The number of nitrogens with zero attached hydrogens (tertiary/aromatic N) is 3. The summed E-state index contributed by atoms with van der Waals surface area (Å²) in [4.78, 5) is 19.8. The van der Waals surface area contributed by atoms with Gasteiger partial charge >= 0.3 is 6.18 Å². The van der Waals surface area contributed by atoms with Gasteiger partial charge < -0.3 is 19.9 Å². The molecular weight excluding hydrogens is 509 g/mol. The predicted molar refractivity (Wildman–Crippen MR) is 146 cm³/mol. The first-order valence-electron chi connectivity index (χ1n) is 12.4. The number of aliphatic hydroxyl groups is 1. The van der Waals surface area contributed by atoms with E-state index in [1.54, 1.807) is 35.0 Å². The number of carbonyl (C=O) groups excluding carboxylic acids is 1. The number of nitrogens with one attached hydrogen (secondary N) is 1. The number of aromatic nitrogens is 2. The van der Waals surface area contributed by atoms with E-state index in [9.17, 15) is 23.1 Å². The SMILES string of the molecule is C[Si](C)(C)c1ccc2cc(C(=O)Nc3ccc(N4CC(O)C4)nc3)n(Cc3cccc(C(F)(F)F)c3)c2c1. The van der Waals surface area contributed by atoms with Crippen LogP contribution < -0.4 is 15.4 Å². The summed E-state index contributed by atoms with van der Waals surface area (Å²) in [5.41, 5.74) is 1.38. The van der Waals surface area contributed by atoms with Crippen molar-refractivity contribution in [3.63, 3.8) is 0 Å². The van der Waals surface area contributed by atoms with Gasteiger partial charge in [0.15, 0.2) is 0 Å². The Kier molecular flexibility index (Phi) is 6.56. The Balaban J connectivity index is 1.50. The molecule has 0 radical (unpaired) electrons. The minimum absolute atomic E-state index is 0.111. The number of aliphatic hydroxyl groups excluding tert-OH is 1. The van der Waals surface area contributed by atoms with Crippen LogP contribution in [0.15, 0.2) is 66.9 Å². The first kappa shape index (κ1) is 26.0. The highest BCUT2D eigenvalue weighted by Gasteiger charge is 2.30. The van der Waals surface area contributed by atoms with Gasteiger partial charge in [0, 0.05) is 30.5 Å². The van der Waals surface area contributed by atoms with E-state index in [2.05, 4.69) is 42.1 Å². The smallest absolute Gasteiger partial charge is 0.389 e. The van der Waals surface area contributed by atoms with Gasteiger partial charge in [0.1, 0.15) is 11.5 Å². The molecule has 5 rings (SSSR count). The normalized spacial score (nSPS) is 14.6. The maximum atomic E-state index is 13.5. The van der Waals surface area contributed by atoms with Gasteiger partial charge in [0.05, 0.1) is 31.6 Å². The third-order valence-corrected chi connectivity index (χ3v) is 8.83. The molecule has 2 aromatic heterocycles. The zero-order valence-electron chi connectivity index (χ0n) is 21.4. The molecule has 6 nitrogen and oxygen atoms in total. The van der Waals surface area contributed by atoms with Crippen molar-refractivity contribution in [2.45, 2.75) is 38.5 Å². The van der Waals surface area contributed by atoms with Crippen LogP contribution in [0.4, 0.5) is 24.7 Å². The van der Waals surface area contributed by atoms with Gasteiger partial charge in [-0.2, -0.15) is 13.2 Å². The fourth-order valence-electron chi connectivity index (χ4n) is 4.59. The van der Waals surface area contributed by atoms with Gasteiger partial charge in [-0.1, -0.05) is 49.1 Å². The first-order valence-corrected chi connectivity index (χ1v) is 15.9. The molecule has 1 saturated heterocycles. The highest BCUT2D eigenvalue weighted by molar-refractivity contribution is 6.88. The average molecular weight is 539 g/mol. The van der Waals surface area contributed by atoms with E-state index in [4.69, 9.17) is 0 Å². The number of alkyl halides is 3. The van der Waals surface area contributed by atoms with Crippen LogP contribution in [0.2, 0.25) is 19.6 Å². The second-order valence-corrected chi connectivity index (χ2v) is 15.8. The number of hydrogen-bond acceptors (Lipinski definition) is 4. The van der Waals surface area contributed by atoms with Crippen LogP contribution in [0.3, 0.4) is 0 Å². The van der Waals surface area contributed by atoms with Crippen molar-refractivity contribution in [2.24, 2.45) is 0 Å². The van der Waals surface area contributed by atoms with E-state index < -0.39 is 19.8 Å². The molecule has 1 aliphatic rings. The number of amides is 1. The van der Waals surface area contributed by atoms with Crippen LogP contribution >= 0.6 is 0 Å². The number of rotatable bonds is 6. The molecule has 4 aromatic rings. The lowest BCUT2D eigenvalue weighted by molar-refractivity contribution is -0.137. The average Bonchev–Trinajstić information content (AvgIpc) is 3.19. The maximum Gasteiger partial charge on any atom is 0.416 e. The van der Waals surface area contributed by atoms with Crippen LogP contribution in [0.5, 0.6) is 0 Å². The van der Waals surface area contributed by atoms with Crippen molar-refractivity contribution >= 4 is 41.6 Å². The Labute approximate surface area is 219 Å². The number of pyridine rings is 1. The number of fused-ring (bicyclic) bond motifs is 1. The van der Waals surface area contributed by atoms with Gasteiger partial charge in [0.2, 0.25) is 0 Å². The van der Waals surface area contributed by atoms with Crippen molar-refractivity contribution < 1.29 is 23.1 Å². The van der Waals surface area contributed by atoms with Crippen LogP contribution in [0.25, 0.3) is 10.9 Å². The molecule has 2 aromatic carbocycles. The summed E-state index contributed by atoms with van der Waals surface area (Å²) in [6.45, 7) is 7.82. The van der Waals surface area contributed by atoms with E-state index in [1.165, 1.54) is 11.3 Å². The monoisotopic (exact) mass is 538 g/mol. The van der Waals surface area contributed by atoms with E-state index in [0.717, 1.165) is 23.0 Å². The molecule has 0 aliphatic carbocycles. The number of β-amino-alcohol motifs (C(OH)–C–C–N with tert-alkyl or cyclic N) is 1. The molecule has 0 unspecified atom stereocenters. The lowest BCUT2D eigenvalue weighted by atomic mass is 10.1. The molecule has 1 amide bonds.